The Morgan fingerprint density at radius 3 is 3.08 bits per heavy atom. The highest BCUT2D eigenvalue weighted by Crippen LogP contribution is 2.07. The zero-order chi connectivity index (χ0) is 9.68. The first-order chi connectivity index (χ1) is 6.29. The minimum Gasteiger partial charge on any atom is -0.383 e. The summed E-state index contributed by atoms with van der Waals surface area (Å²) in [5, 5.41) is 7.63. The Morgan fingerprint density at radius 2 is 2.46 bits per heavy atom. The highest BCUT2D eigenvalue weighted by Gasteiger charge is 2.11. The Hall–Kier alpha value is -0.980. The summed E-state index contributed by atoms with van der Waals surface area (Å²) in [4.78, 5) is 0. The van der Waals surface area contributed by atoms with Gasteiger partial charge in [-0.1, -0.05) is 5.21 Å². The third-order valence-electron chi connectivity index (χ3n) is 1.71. The second kappa shape index (κ2) is 4.90. The van der Waals surface area contributed by atoms with Gasteiger partial charge in [0.15, 0.2) is 0 Å². The second-order valence-electron chi connectivity index (χ2n) is 2.73. The summed E-state index contributed by atoms with van der Waals surface area (Å²) >= 11 is 0. The average molecular weight is 185 g/mol. The Balaban J connectivity index is 2.68. The lowest BCUT2D eigenvalue weighted by molar-refractivity contribution is 0.177. The van der Waals surface area contributed by atoms with Gasteiger partial charge in [0, 0.05) is 13.7 Å². The lowest BCUT2D eigenvalue weighted by atomic mass is 10.2. The van der Waals surface area contributed by atoms with Gasteiger partial charge in [-0.25, -0.2) is 4.68 Å². The van der Waals surface area contributed by atoms with E-state index in [2.05, 4.69) is 10.3 Å². The maximum atomic E-state index is 5.81. The van der Waals surface area contributed by atoms with Crippen LogP contribution in [0.5, 0.6) is 0 Å². The van der Waals surface area contributed by atoms with Crippen molar-refractivity contribution in [1.82, 2.24) is 15.0 Å². The molecule has 74 valence electrons. The molecule has 0 aromatic carbocycles. The summed E-state index contributed by atoms with van der Waals surface area (Å²) in [6, 6.07) is -0.188. The fraction of sp³-hybridized carbons (Fsp3) is 0.714. The van der Waals surface area contributed by atoms with Crippen LogP contribution in [-0.4, -0.2) is 35.3 Å². The number of methoxy groups -OCH3 is 1. The summed E-state index contributed by atoms with van der Waals surface area (Å²) in [6.07, 6.45) is 1.64. The van der Waals surface area contributed by atoms with E-state index < -0.39 is 0 Å². The Labute approximate surface area is 76.8 Å². The van der Waals surface area contributed by atoms with Crippen molar-refractivity contribution >= 4 is 0 Å². The van der Waals surface area contributed by atoms with Crippen LogP contribution in [-0.2, 0) is 11.3 Å². The van der Waals surface area contributed by atoms with E-state index in [0.717, 1.165) is 5.69 Å². The van der Waals surface area contributed by atoms with Gasteiger partial charge in [-0.05, 0) is 0 Å². The second-order valence-corrected chi connectivity index (χ2v) is 2.73. The standard InChI is InChI=1S/C7H15N5O/c1-13-5-6(9)7-4-10-11-12(7)3-2-8/h4,6H,2-3,5,8-9H2,1H3/t6-/m0/s1. The zero-order valence-corrected chi connectivity index (χ0v) is 7.68. The minimum atomic E-state index is -0.188. The molecular formula is C7H15N5O. The molecule has 1 aromatic rings. The number of aromatic nitrogens is 3. The van der Waals surface area contributed by atoms with Crippen molar-refractivity contribution in [2.75, 3.05) is 20.3 Å². The molecule has 0 aliphatic heterocycles. The van der Waals surface area contributed by atoms with E-state index in [9.17, 15) is 0 Å². The Kier molecular flexibility index (Phi) is 3.81. The van der Waals surface area contributed by atoms with Gasteiger partial charge in [-0.15, -0.1) is 5.10 Å². The largest absolute Gasteiger partial charge is 0.383 e. The summed E-state index contributed by atoms with van der Waals surface area (Å²) in [7, 11) is 1.61. The van der Waals surface area contributed by atoms with Crippen molar-refractivity contribution in [3.63, 3.8) is 0 Å². The van der Waals surface area contributed by atoms with E-state index in [1.54, 1.807) is 18.0 Å². The first kappa shape index (κ1) is 10.1. The molecule has 0 radical (unpaired) electrons. The molecule has 0 saturated heterocycles. The maximum absolute atomic E-state index is 5.81. The van der Waals surface area contributed by atoms with Gasteiger partial charge in [-0.2, -0.15) is 0 Å². The lowest BCUT2D eigenvalue weighted by Crippen LogP contribution is -2.22. The highest BCUT2D eigenvalue weighted by atomic mass is 16.5. The summed E-state index contributed by atoms with van der Waals surface area (Å²) in [5.74, 6) is 0. The van der Waals surface area contributed by atoms with Crippen LogP contribution in [0, 0.1) is 0 Å². The van der Waals surface area contributed by atoms with E-state index in [1.165, 1.54) is 0 Å². The van der Waals surface area contributed by atoms with Crippen molar-refractivity contribution in [2.45, 2.75) is 12.6 Å². The molecule has 1 rings (SSSR count). The molecule has 1 aromatic heterocycles. The highest BCUT2D eigenvalue weighted by molar-refractivity contribution is 5.01. The molecular weight excluding hydrogens is 170 g/mol. The number of nitrogens with zero attached hydrogens (tertiary/aromatic N) is 3. The normalized spacial score (nSPS) is 13.2. The van der Waals surface area contributed by atoms with Gasteiger partial charge < -0.3 is 16.2 Å². The van der Waals surface area contributed by atoms with Crippen LogP contribution < -0.4 is 11.5 Å². The fourth-order valence-corrected chi connectivity index (χ4v) is 1.11. The molecule has 4 N–H and O–H groups in total. The molecule has 1 atom stereocenters. The van der Waals surface area contributed by atoms with Crippen LogP contribution in [0.4, 0.5) is 0 Å². The number of hydrogen-bond donors (Lipinski definition) is 2. The Morgan fingerprint density at radius 1 is 1.69 bits per heavy atom. The number of nitrogens with two attached hydrogens (primary N) is 2. The third kappa shape index (κ3) is 2.48. The van der Waals surface area contributed by atoms with Gasteiger partial charge >= 0.3 is 0 Å². The van der Waals surface area contributed by atoms with Gasteiger partial charge in [0.2, 0.25) is 0 Å². The average Bonchev–Trinajstić information content (AvgIpc) is 2.54. The first-order valence-corrected chi connectivity index (χ1v) is 4.12. The van der Waals surface area contributed by atoms with Crippen LogP contribution in [0.1, 0.15) is 11.7 Å². The monoisotopic (exact) mass is 185 g/mol. The Bertz CT molecular complexity index is 249. The molecule has 0 amide bonds. The quantitative estimate of drug-likeness (QED) is 0.606. The SMILES string of the molecule is COC[C@H](N)c1cnnn1CCN. The van der Waals surface area contributed by atoms with Gasteiger partial charge in [-0.3, -0.25) is 0 Å². The van der Waals surface area contributed by atoms with Crippen molar-refractivity contribution in [3.05, 3.63) is 11.9 Å². The number of ether oxygens (including phenoxy) is 1. The summed E-state index contributed by atoms with van der Waals surface area (Å²) < 4.78 is 6.63. The molecule has 13 heavy (non-hydrogen) atoms. The molecule has 0 unspecified atom stereocenters. The van der Waals surface area contributed by atoms with E-state index in [-0.39, 0.29) is 6.04 Å². The van der Waals surface area contributed by atoms with Gasteiger partial charge in [0.05, 0.1) is 31.1 Å². The first-order valence-electron chi connectivity index (χ1n) is 4.12. The van der Waals surface area contributed by atoms with Crippen molar-refractivity contribution in [1.29, 1.82) is 0 Å². The molecule has 0 bridgehead atoms. The molecule has 0 aliphatic rings. The lowest BCUT2D eigenvalue weighted by Gasteiger charge is -2.11. The summed E-state index contributed by atoms with van der Waals surface area (Å²) in [5.41, 5.74) is 12.1. The maximum Gasteiger partial charge on any atom is 0.0778 e. The van der Waals surface area contributed by atoms with Crippen LogP contribution in [0.15, 0.2) is 6.20 Å². The molecule has 6 heteroatoms. The van der Waals surface area contributed by atoms with Crippen LogP contribution in [0.3, 0.4) is 0 Å². The van der Waals surface area contributed by atoms with Gasteiger partial charge in [0.25, 0.3) is 0 Å². The van der Waals surface area contributed by atoms with E-state index in [4.69, 9.17) is 16.2 Å². The molecule has 0 aliphatic carbocycles. The van der Waals surface area contributed by atoms with Crippen molar-refractivity contribution < 1.29 is 4.74 Å². The van der Waals surface area contributed by atoms with Crippen LogP contribution in [0.25, 0.3) is 0 Å². The zero-order valence-electron chi connectivity index (χ0n) is 7.68. The predicted molar refractivity (Wildman–Crippen MR) is 47.9 cm³/mol. The third-order valence-corrected chi connectivity index (χ3v) is 1.71. The smallest absolute Gasteiger partial charge is 0.0778 e. The van der Waals surface area contributed by atoms with Crippen molar-refractivity contribution in [3.8, 4) is 0 Å². The van der Waals surface area contributed by atoms with Crippen molar-refractivity contribution in [2.24, 2.45) is 11.5 Å². The van der Waals surface area contributed by atoms with E-state index in [0.29, 0.717) is 19.7 Å². The van der Waals surface area contributed by atoms with Crippen LogP contribution >= 0.6 is 0 Å². The van der Waals surface area contributed by atoms with Gasteiger partial charge in [0.1, 0.15) is 0 Å². The fourth-order valence-electron chi connectivity index (χ4n) is 1.11. The molecule has 0 fully saturated rings. The number of hydrogen-bond acceptors (Lipinski definition) is 5. The molecule has 0 saturated carbocycles. The minimum absolute atomic E-state index is 0.188. The number of rotatable bonds is 5. The predicted octanol–water partition coefficient (Wildman–Crippen LogP) is -1.12. The molecule has 1 heterocycles. The molecule has 0 spiro atoms. The van der Waals surface area contributed by atoms with E-state index in [1.807, 2.05) is 0 Å². The summed E-state index contributed by atoms with van der Waals surface area (Å²) in [6.45, 7) is 1.61. The van der Waals surface area contributed by atoms with E-state index >= 15 is 0 Å². The topological polar surface area (TPSA) is 92.0 Å². The molecule has 6 nitrogen and oxygen atoms in total. The van der Waals surface area contributed by atoms with Crippen LogP contribution in [0.2, 0.25) is 0 Å².